The first-order valence-corrected chi connectivity index (χ1v) is 9.13. The quantitative estimate of drug-likeness (QED) is 0.858. The lowest BCUT2D eigenvalue weighted by Crippen LogP contribution is -2.48. The molecular weight excluding hydrogens is 306 g/mol. The third kappa shape index (κ3) is 3.32. The van der Waals surface area contributed by atoms with Crippen LogP contribution in [0, 0.1) is 0 Å². The van der Waals surface area contributed by atoms with Crippen LogP contribution in [0.25, 0.3) is 0 Å². The van der Waals surface area contributed by atoms with Crippen LogP contribution in [-0.4, -0.2) is 48.8 Å². The molecule has 112 valence electrons. The van der Waals surface area contributed by atoms with Crippen LogP contribution in [-0.2, 0) is 16.6 Å². The van der Waals surface area contributed by atoms with Crippen molar-refractivity contribution in [3.8, 4) is 0 Å². The van der Waals surface area contributed by atoms with Crippen molar-refractivity contribution < 1.29 is 8.42 Å². The zero-order valence-electron chi connectivity index (χ0n) is 11.6. The van der Waals surface area contributed by atoms with Crippen LogP contribution in [0.2, 0.25) is 0 Å². The molecule has 0 saturated carbocycles. The summed E-state index contributed by atoms with van der Waals surface area (Å²) in [4.78, 5) is 6.28. The summed E-state index contributed by atoms with van der Waals surface area (Å²) >= 11 is 1.28. The molecule has 0 N–H and O–H groups in total. The van der Waals surface area contributed by atoms with E-state index in [0.29, 0.717) is 17.3 Å². The van der Waals surface area contributed by atoms with E-state index in [1.165, 1.54) is 16.9 Å². The van der Waals surface area contributed by atoms with Crippen LogP contribution < -0.4 is 0 Å². The molecular formula is C14H17N3O2S2. The summed E-state index contributed by atoms with van der Waals surface area (Å²) < 4.78 is 26.9. The van der Waals surface area contributed by atoms with Gasteiger partial charge in [0.1, 0.15) is 4.21 Å². The van der Waals surface area contributed by atoms with Crippen molar-refractivity contribution in [2.24, 2.45) is 0 Å². The van der Waals surface area contributed by atoms with Gasteiger partial charge < -0.3 is 0 Å². The Labute approximate surface area is 128 Å². The third-order valence-corrected chi connectivity index (χ3v) is 6.85. The van der Waals surface area contributed by atoms with Crippen LogP contribution in [0.5, 0.6) is 0 Å². The molecule has 21 heavy (non-hydrogen) atoms. The van der Waals surface area contributed by atoms with E-state index in [4.69, 9.17) is 0 Å². The van der Waals surface area contributed by atoms with E-state index in [0.717, 1.165) is 19.6 Å². The van der Waals surface area contributed by atoms with Crippen molar-refractivity contribution in [2.45, 2.75) is 10.8 Å². The molecule has 7 heteroatoms. The molecule has 0 amide bonds. The zero-order chi connectivity index (χ0) is 14.7. The molecule has 1 aliphatic heterocycles. The van der Waals surface area contributed by atoms with E-state index in [1.807, 2.05) is 12.1 Å². The Bertz CT molecular complexity index is 664. The molecule has 0 spiro atoms. The lowest BCUT2D eigenvalue weighted by Gasteiger charge is -2.33. The molecule has 3 heterocycles. The van der Waals surface area contributed by atoms with E-state index in [2.05, 4.69) is 9.88 Å². The fourth-order valence-electron chi connectivity index (χ4n) is 2.41. The van der Waals surface area contributed by atoms with Crippen molar-refractivity contribution in [3.63, 3.8) is 0 Å². The molecule has 5 nitrogen and oxygen atoms in total. The Morgan fingerprint density at radius 2 is 1.81 bits per heavy atom. The Kier molecular flexibility index (Phi) is 4.34. The third-order valence-electron chi connectivity index (χ3n) is 3.58. The number of aromatic nitrogens is 1. The molecule has 0 atom stereocenters. The minimum Gasteiger partial charge on any atom is -0.296 e. The Balaban J connectivity index is 1.61. The summed E-state index contributed by atoms with van der Waals surface area (Å²) in [7, 11) is -3.30. The molecule has 0 aliphatic carbocycles. The van der Waals surface area contributed by atoms with Gasteiger partial charge in [0.15, 0.2) is 0 Å². The standard InChI is InChI=1S/C14H17N3O2S2/c18-21(19,14-2-1-11-20-14)17-9-7-16(8-10-17)12-13-3-5-15-6-4-13/h1-6,11H,7-10,12H2. The molecule has 2 aromatic rings. The van der Waals surface area contributed by atoms with Crippen molar-refractivity contribution in [1.29, 1.82) is 0 Å². The normalized spacial score (nSPS) is 17.9. The predicted molar refractivity (Wildman–Crippen MR) is 82.6 cm³/mol. The Morgan fingerprint density at radius 1 is 1.10 bits per heavy atom. The molecule has 1 saturated heterocycles. The topological polar surface area (TPSA) is 53.5 Å². The van der Waals surface area contributed by atoms with Crippen LogP contribution >= 0.6 is 11.3 Å². The fraction of sp³-hybridized carbons (Fsp3) is 0.357. The highest BCUT2D eigenvalue weighted by Crippen LogP contribution is 2.22. The van der Waals surface area contributed by atoms with Crippen LogP contribution in [0.4, 0.5) is 0 Å². The van der Waals surface area contributed by atoms with E-state index < -0.39 is 10.0 Å². The largest absolute Gasteiger partial charge is 0.296 e. The molecule has 0 bridgehead atoms. The molecule has 0 radical (unpaired) electrons. The Morgan fingerprint density at radius 3 is 2.43 bits per heavy atom. The van der Waals surface area contributed by atoms with E-state index >= 15 is 0 Å². The zero-order valence-corrected chi connectivity index (χ0v) is 13.2. The fourth-order valence-corrected chi connectivity index (χ4v) is 4.98. The number of nitrogens with zero attached hydrogens (tertiary/aromatic N) is 3. The highest BCUT2D eigenvalue weighted by atomic mass is 32.2. The van der Waals surface area contributed by atoms with Crippen LogP contribution in [0.3, 0.4) is 0 Å². The van der Waals surface area contributed by atoms with Crippen LogP contribution in [0.1, 0.15) is 5.56 Å². The van der Waals surface area contributed by atoms with Gasteiger partial charge in [-0.25, -0.2) is 8.42 Å². The van der Waals surface area contributed by atoms with E-state index in [-0.39, 0.29) is 0 Å². The number of hydrogen-bond donors (Lipinski definition) is 0. The number of thiophene rings is 1. The first kappa shape index (κ1) is 14.6. The smallest absolute Gasteiger partial charge is 0.252 e. The first-order valence-electron chi connectivity index (χ1n) is 6.81. The van der Waals surface area contributed by atoms with Gasteiger partial charge in [0.2, 0.25) is 0 Å². The second-order valence-electron chi connectivity index (χ2n) is 4.97. The first-order chi connectivity index (χ1) is 10.2. The van der Waals surface area contributed by atoms with Gasteiger partial charge in [-0.1, -0.05) is 6.07 Å². The number of sulfonamides is 1. The monoisotopic (exact) mass is 323 g/mol. The minimum absolute atomic E-state index is 0.435. The molecule has 0 unspecified atom stereocenters. The predicted octanol–water partition coefficient (Wildman–Crippen LogP) is 1.65. The van der Waals surface area contributed by atoms with Crippen molar-refractivity contribution >= 4 is 21.4 Å². The van der Waals surface area contributed by atoms with Gasteiger partial charge in [0.05, 0.1) is 0 Å². The number of pyridine rings is 1. The highest BCUT2D eigenvalue weighted by Gasteiger charge is 2.28. The summed E-state index contributed by atoms with van der Waals surface area (Å²) in [5.41, 5.74) is 1.21. The molecule has 0 aromatic carbocycles. The average molecular weight is 323 g/mol. The van der Waals surface area contributed by atoms with Crippen molar-refractivity contribution in [3.05, 3.63) is 47.6 Å². The summed E-state index contributed by atoms with van der Waals surface area (Å²) in [6, 6.07) is 7.43. The van der Waals surface area contributed by atoms with Crippen LogP contribution in [0.15, 0.2) is 46.2 Å². The highest BCUT2D eigenvalue weighted by molar-refractivity contribution is 7.91. The van der Waals surface area contributed by atoms with Gasteiger partial charge in [0.25, 0.3) is 10.0 Å². The average Bonchev–Trinajstić information content (AvgIpc) is 3.04. The maximum atomic E-state index is 12.4. The summed E-state index contributed by atoms with van der Waals surface area (Å²) in [5, 5.41) is 1.80. The maximum absolute atomic E-state index is 12.4. The SMILES string of the molecule is O=S(=O)(c1cccs1)N1CCN(Cc2ccncc2)CC1. The lowest BCUT2D eigenvalue weighted by molar-refractivity contribution is 0.181. The minimum atomic E-state index is -3.30. The lowest BCUT2D eigenvalue weighted by atomic mass is 10.2. The number of piperazine rings is 1. The van der Waals surface area contributed by atoms with Gasteiger partial charge in [-0.05, 0) is 29.1 Å². The van der Waals surface area contributed by atoms with Gasteiger partial charge >= 0.3 is 0 Å². The molecule has 1 aliphatic rings. The summed E-state index contributed by atoms with van der Waals surface area (Å²) in [5.74, 6) is 0. The summed E-state index contributed by atoms with van der Waals surface area (Å²) in [6.45, 7) is 3.45. The van der Waals surface area contributed by atoms with E-state index in [1.54, 1.807) is 34.2 Å². The summed E-state index contributed by atoms with van der Waals surface area (Å²) in [6.07, 6.45) is 3.57. The van der Waals surface area contributed by atoms with Crippen molar-refractivity contribution in [1.82, 2.24) is 14.2 Å². The number of hydrogen-bond acceptors (Lipinski definition) is 5. The van der Waals surface area contributed by atoms with Gasteiger partial charge in [-0.15, -0.1) is 11.3 Å². The van der Waals surface area contributed by atoms with E-state index in [9.17, 15) is 8.42 Å². The van der Waals surface area contributed by atoms with Gasteiger partial charge in [-0.2, -0.15) is 4.31 Å². The maximum Gasteiger partial charge on any atom is 0.252 e. The van der Waals surface area contributed by atoms with Crippen molar-refractivity contribution in [2.75, 3.05) is 26.2 Å². The molecule has 1 fully saturated rings. The number of rotatable bonds is 4. The Hall–Kier alpha value is -1.28. The molecule has 3 rings (SSSR count). The second-order valence-corrected chi connectivity index (χ2v) is 8.08. The van der Waals surface area contributed by atoms with Gasteiger partial charge in [-0.3, -0.25) is 9.88 Å². The molecule has 2 aromatic heterocycles. The second kappa shape index (κ2) is 6.23. The van der Waals surface area contributed by atoms with Gasteiger partial charge in [0, 0.05) is 45.1 Å².